The molecule has 0 spiro atoms. The molecule has 0 saturated heterocycles. The fourth-order valence-electron chi connectivity index (χ4n) is 3.71. The van der Waals surface area contributed by atoms with Crippen molar-refractivity contribution >= 4 is 29.6 Å². The molecule has 0 aliphatic carbocycles. The molecule has 0 rings (SSSR count). The summed E-state index contributed by atoms with van der Waals surface area (Å²) < 4.78 is 0. The predicted molar refractivity (Wildman–Crippen MR) is 140 cm³/mol. The van der Waals surface area contributed by atoms with Gasteiger partial charge in [-0.25, -0.2) is 0 Å². The third-order valence-corrected chi connectivity index (χ3v) is 5.93. The highest BCUT2D eigenvalue weighted by Gasteiger charge is 2.31. The first kappa shape index (κ1) is 34.0. The van der Waals surface area contributed by atoms with Crippen LogP contribution in [0.1, 0.15) is 79.6 Å². The van der Waals surface area contributed by atoms with Crippen LogP contribution >= 0.6 is 0 Å². The molecule has 4 amide bonds. The Morgan fingerprint density at radius 3 is 2.08 bits per heavy atom. The van der Waals surface area contributed by atoms with E-state index in [2.05, 4.69) is 27.8 Å². The lowest BCUT2D eigenvalue weighted by Gasteiger charge is -2.29. The minimum Gasteiger partial charge on any atom is -0.481 e. The number of hydrogen-bond donors (Lipinski definition) is 6. The molecule has 0 aliphatic heterocycles. The number of carboxylic acid groups (broad SMARTS) is 1. The second kappa shape index (κ2) is 18.3. The summed E-state index contributed by atoms with van der Waals surface area (Å²) >= 11 is 0. The van der Waals surface area contributed by atoms with Crippen LogP contribution in [0.3, 0.4) is 0 Å². The first-order valence-electron chi connectivity index (χ1n) is 13.0. The largest absolute Gasteiger partial charge is 0.481 e. The molecule has 0 fully saturated rings. The first-order chi connectivity index (χ1) is 17.4. The number of rotatable bonds is 19. The van der Waals surface area contributed by atoms with Crippen molar-refractivity contribution in [3.05, 3.63) is 12.7 Å². The van der Waals surface area contributed by atoms with E-state index in [0.29, 0.717) is 19.4 Å². The normalized spacial score (nSPS) is 15.0. The Morgan fingerprint density at radius 2 is 1.57 bits per heavy atom. The number of carboxylic acids is 1. The van der Waals surface area contributed by atoms with Gasteiger partial charge in [-0.15, -0.1) is 6.58 Å². The molecule has 11 heteroatoms. The average molecular weight is 527 g/mol. The number of nitrogens with one attached hydrogen (secondary N) is 4. The summed E-state index contributed by atoms with van der Waals surface area (Å²) in [5.41, 5.74) is 0. The van der Waals surface area contributed by atoms with Crippen LogP contribution in [0.2, 0.25) is 0 Å². The van der Waals surface area contributed by atoms with E-state index in [9.17, 15) is 29.1 Å². The summed E-state index contributed by atoms with van der Waals surface area (Å²) in [7, 11) is 0. The number of aliphatic hydroxyl groups excluding tert-OH is 1. The van der Waals surface area contributed by atoms with Crippen molar-refractivity contribution in [2.45, 2.75) is 104 Å². The Bertz CT molecular complexity index is 772. The van der Waals surface area contributed by atoms with Crippen LogP contribution in [-0.2, 0) is 24.0 Å². The molecule has 0 radical (unpaired) electrons. The highest BCUT2D eigenvalue weighted by Crippen LogP contribution is 2.13. The van der Waals surface area contributed by atoms with Gasteiger partial charge in [0.1, 0.15) is 12.1 Å². The summed E-state index contributed by atoms with van der Waals surface area (Å²) in [6.07, 6.45) is 1.25. The molecule has 212 valence electrons. The van der Waals surface area contributed by atoms with E-state index in [4.69, 9.17) is 5.11 Å². The van der Waals surface area contributed by atoms with E-state index < -0.39 is 47.9 Å². The van der Waals surface area contributed by atoms with Crippen LogP contribution in [0.15, 0.2) is 12.7 Å². The quantitative estimate of drug-likeness (QED) is 0.137. The first-order valence-corrected chi connectivity index (χ1v) is 13.0. The molecular formula is C26H46N4O7. The third-order valence-electron chi connectivity index (χ3n) is 5.93. The summed E-state index contributed by atoms with van der Waals surface area (Å²) in [6, 6.07) is -2.64. The van der Waals surface area contributed by atoms with E-state index in [1.165, 1.54) is 6.08 Å². The molecule has 0 aliphatic rings. The highest BCUT2D eigenvalue weighted by molar-refractivity contribution is 5.92. The predicted octanol–water partition coefficient (Wildman–Crippen LogP) is 1.25. The second-order valence-corrected chi connectivity index (χ2v) is 9.73. The standard InChI is InChI=1S/C26H46N4O7/c1-7-11-18(25(36)29-19(14-16(4)5)20(31)15-22(33)27-9-3)28-26(37)24(17(6)8-2)30-21(32)12-10-13-23(34)35/h7,16-20,24,31H,1,8-15H2,2-6H3,(H,27,33)(H,28,37)(H,29,36)(H,30,32)(H,34,35)/t17-,18-,19-,20-,24-/m0/s1. The second-order valence-electron chi connectivity index (χ2n) is 9.73. The van der Waals surface area contributed by atoms with Crippen LogP contribution in [0, 0.1) is 11.8 Å². The Kier molecular flexibility index (Phi) is 16.9. The van der Waals surface area contributed by atoms with Crippen molar-refractivity contribution < 1.29 is 34.2 Å². The fourth-order valence-corrected chi connectivity index (χ4v) is 3.71. The Balaban J connectivity index is 5.48. The van der Waals surface area contributed by atoms with Crippen molar-refractivity contribution in [2.75, 3.05) is 6.54 Å². The minimum atomic E-state index is -1.11. The van der Waals surface area contributed by atoms with Crippen LogP contribution in [-0.4, -0.2) is 70.6 Å². The minimum absolute atomic E-state index is 0.0382. The van der Waals surface area contributed by atoms with E-state index in [1.807, 2.05) is 20.8 Å². The van der Waals surface area contributed by atoms with Gasteiger partial charge in [-0.3, -0.25) is 24.0 Å². The maximum atomic E-state index is 13.1. The molecular weight excluding hydrogens is 480 g/mol. The van der Waals surface area contributed by atoms with Gasteiger partial charge in [-0.2, -0.15) is 0 Å². The number of aliphatic carboxylic acids is 1. The Morgan fingerprint density at radius 1 is 0.919 bits per heavy atom. The fraction of sp³-hybridized carbons (Fsp3) is 0.731. The smallest absolute Gasteiger partial charge is 0.303 e. The van der Waals surface area contributed by atoms with Crippen LogP contribution in [0.5, 0.6) is 0 Å². The van der Waals surface area contributed by atoms with Crippen molar-refractivity contribution in [2.24, 2.45) is 11.8 Å². The summed E-state index contributed by atoms with van der Waals surface area (Å²) in [6.45, 7) is 13.4. The molecule has 0 bridgehead atoms. The van der Waals surface area contributed by atoms with E-state index in [1.54, 1.807) is 13.8 Å². The molecule has 0 unspecified atom stereocenters. The molecule has 5 atom stereocenters. The van der Waals surface area contributed by atoms with E-state index in [0.717, 1.165) is 0 Å². The molecule has 0 saturated carbocycles. The SMILES string of the molecule is C=CC[C@H](NC(=O)[C@@H](NC(=O)CCCC(=O)O)[C@@H](C)CC)C(=O)N[C@@H](CC(C)C)[C@@H](O)CC(=O)NCC. The Labute approximate surface area is 220 Å². The molecule has 0 heterocycles. The van der Waals surface area contributed by atoms with Gasteiger partial charge in [-0.1, -0.05) is 40.2 Å². The Hall–Kier alpha value is -2.95. The number of hydrogen-bond acceptors (Lipinski definition) is 6. The number of carbonyl (C=O) groups excluding carboxylic acids is 4. The third kappa shape index (κ3) is 14.4. The zero-order valence-electron chi connectivity index (χ0n) is 22.8. The lowest BCUT2D eigenvalue weighted by molar-refractivity contribution is -0.137. The van der Waals surface area contributed by atoms with Gasteiger partial charge in [0.2, 0.25) is 23.6 Å². The van der Waals surface area contributed by atoms with Crippen molar-refractivity contribution in [3.8, 4) is 0 Å². The molecule has 0 aromatic carbocycles. The van der Waals surface area contributed by atoms with Crippen molar-refractivity contribution in [3.63, 3.8) is 0 Å². The van der Waals surface area contributed by atoms with E-state index >= 15 is 0 Å². The molecule has 11 nitrogen and oxygen atoms in total. The van der Waals surface area contributed by atoms with Gasteiger partial charge in [-0.05, 0) is 38.0 Å². The van der Waals surface area contributed by atoms with Gasteiger partial charge >= 0.3 is 5.97 Å². The maximum absolute atomic E-state index is 13.1. The van der Waals surface area contributed by atoms with Gasteiger partial charge < -0.3 is 31.5 Å². The number of carbonyl (C=O) groups is 5. The maximum Gasteiger partial charge on any atom is 0.303 e. The number of aliphatic hydroxyl groups is 1. The summed E-state index contributed by atoms with van der Waals surface area (Å²) in [4.78, 5) is 61.2. The topological polar surface area (TPSA) is 174 Å². The number of amides is 4. The lowest BCUT2D eigenvalue weighted by Crippen LogP contribution is -2.57. The van der Waals surface area contributed by atoms with Crippen molar-refractivity contribution in [1.82, 2.24) is 21.3 Å². The lowest BCUT2D eigenvalue weighted by atomic mass is 9.96. The molecule has 37 heavy (non-hydrogen) atoms. The van der Waals surface area contributed by atoms with Gasteiger partial charge in [0.15, 0.2) is 0 Å². The average Bonchev–Trinajstić information content (AvgIpc) is 2.80. The van der Waals surface area contributed by atoms with Crippen LogP contribution in [0.25, 0.3) is 0 Å². The molecule has 0 aromatic rings. The van der Waals surface area contributed by atoms with Gasteiger partial charge in [0, 0.05) is 19.4 Å². The molecule has 6 N–H and O–H groups in total. The van der Waals surface area contributed by atoms with Crippen LogP contribution < -0.4 is 21.3 Å². The zero-order chi connectivity index (χ0) is 28.5. The monoisotopic (exact) mass is 526 g/mol. The molecule has 0 aromatic heterocycles. The van der Waals surface area contributed by atoms with E-state index in [-0.39, 0.29) is 49.8 Å². The van der Waals surface area contributed by atoms with Gasteiger partial charge in [0.05, 0.1) is 18.6 Å². The van der Waals surface area contributed by atoms with Gasteiger partial charge in [0.25, 0.3) is 0 Å². The van der Waals surface area contributed by atoms with Crippen molar-refractivity contribution in [1.29, 1.82) is 0 Å². The highest BCUT2D eigenvalue weighted by atomic mass is 16.4. The zero-order valence-corrected chi connectivity index (χ0v) is 22.8. The summed E-state index contributed by atoms with van der Waals surface area (Å²) in [5.74, 6) is -3.00. The van der Waals surface area contributed by atoms with Crippen LogP contribution in [0.4, 0.5) is 0 Å². The summed E-state index contributed by atoms with van der Waals surface area (Å²) in [5, 5.41) is 30.1.